The third-order valence-electron chi connectivity index (χ3n) is 1.51. The normalized spacial score (nSPS) is 12.1. The van der Waals surface area contributed by atoms with Gasteiger partial charge in [-0.25, -0.2) is 13.2 Å². The summed E-state index contributed by atoms with van der Waals surface area (Å²) >= 11 is 0. The molecule has 1 nitrogen and oxygen atoms in total. The van der Waals surface area contributed by atoms with Crippen molar-refractivity contribution in [2.24, 2.45) is 5.73 Å². The first-order valence-corrected chi connectivity index (χ1v) is 3.42. The van der Waals surface area contributed by atoms with Crippen molar-refractivity contribution in [1.82, 2.24) is 0 Å². The van der Waals surface area contributed by atoms with E-state index in [1.165, 1.54) is 6.92 Å². The minimum absolute atomic E-state index is 0. The molecule has 0 fully saturated rings. The van der Waals surface area contributed by atoms with Crippen LogP contribution in [0.2, 0.25) is 0 Å². The summed E-state index contributed by atoms with van der Waals surface area (Å²) in [7, 11) is 0. The molecule has 74 valence electrons. The highest BCUT2D eigenvalue weighted by atomic mass is 35.5. The zero-order chi connectivity index (χ0) is 9.30. The summed E-state index contributed by atoms with van der Waals surface area (Å²) in [5.41, 5.74) is 5.13. The molecule has 0 aliphatic heterocycles. The van der Waals surface area contributed by atoms with Gasteiger partial charge in [0.2, 0.25) is 0 Å². The third kappa shape index (κ3) is 2.60. The lowest BCUT2D eigenvalue weighted by Crippen LogP contribution is -2.09. The highest BCUT2D eigenvalue weighted by Gasteiger charge is 2.13. The van der Waals surface area contributed by atoms with Gasteiger partial charge in [-0.05, 0) is 13.0 Å². The number of benzene rings is 1. The lowest BCUT2D eigenvalue weighted by atomic mass is 10.1. The molecule has 0 heterocycles. The monoisotopic (exact) mass is 211 g/mol. The molecule has 0 amide bonds. The Kier molecular flexibility index (Phi) is 4.23. The van der Waals surface area contributed by atoms with Crippen LogP contribution >= 0.6 is 12.4 Å². The minimum atomic E-state index is -1.21. The molecule has 0 saturated heterocycles. The van der Waals surface area contributed by atoms with E-state index in [4.69, 9.17) is 5.73 Å². The van der Waals surface area contributed by atoms with Crippen LogP contribution in [0.4, 0.5) is 13.2 Å². The van der Waals surface area contributed by atoms with E-state index in [1.54, 1.807) is 0 Å². The second-order valence-electron chi connectivity index (χ2n) is 2.58. The molecule has 0 aromatic heterocycles. The average Bonchev–Trinajstić information content (AvgIpc) is 1.96. The maximum atomic E-state index is 12.8. The summed E-state index contributed by atoms with van der Waals surface area (Å²) in [6.07, 6.45) is 0. The van der Waals surface area contributed by atoms with E-state index < -0.39 is 23.5 Å². The number of halogens is 4. The van der Waals surface area contributed by atoms with Crippen LogP contribution in [0.25, 0.3) is 0 Å². The molecular weight excluding hydrogens is 203 g/mol. The zero-order valence-electron chi connectivity index (χ0n) is 6.85. The maximum Gasteiger partial charge on any atom is 0.163 e. The standard InChI is InChI=1S/C8H8F3N.ClH/c1-4(12)6-2-5(9)3-7(10)8(6)11;/h2-4H,12H2,1H3;1H. The predicted octanol–water partition coefficient (Wildman–Crippen LogP) is 2.55. The van der Waals surface area contributed by atoms with E-state index >= 15 is 0 Å². The Balaban J connectivity index is 0.00000144. The summed E-state index contributed by atoms with van der Waals surface area (Å²) in [6, 6.07) is 0.666. The summed E-state index contributed by atoms with van der Waals surface area (Å²) in [5, 5.41) is 0. The van der Waals surface area contributed by atoms with Crippen molar-refractivity contribution in [1.29, 1.82) is 0 Å². The molecule has 1 aromatic carbocycles. The average molecular weight is 212 g/mol. The molecule has 5 heteroatoms. The van der Waals surface area contributed by atoms with Gasteiger partial charge in [0.25, 0.3) is 0 Å². The van der Waals surface area contributed by atoms with E-state index in [9.17, 15) is 13.2 Å². The fourth-order valence-electron chi connectivity index (χ4n) is 0.907. The molecule has 0 spiro atoms. The van der Waals surface area contributed by atoms with Crippen LogP contribution in [0, 0.1) is 17.5 Å². The van der Waals surface area contributed by atoms with Crippen molar-refractivity contribution in [3.63, 3.8) is 0 Å². The van der Waals surface area contributed by atoms with Crippen LogP contribution in [0.5, 0.6) is 0 Å². The van der Waals surface area contributed by atoms with Crippen molar-refractivity contribution >= 4 is 12.4 Å². The van der Waals surface area contributed by atoms with Crippen molar-refractivity contribution in [3.05, 3.63) is 35.1 Å². The van der Waals surface area contributed by atoms with Crippen molar-refractivity contribution in [3.8, 4) is 0 Å². The van der Waals surface area contributed by atoms with Gasteiger partial charge < -0.3 is 5.73 Å². The summed E-state index contributed by atoms with van der Waals surface area (Å²) in [4.78, 5) is 0. The minimum Gasteiger partial charge on any atom is -0.324 e. The van der Waals surface area contributed by atoms with Crippen LogP contribution in [0.15, 0.2) is 12.1 Å². The van der Waals surface area contributed by atoms with Gasteiger partial charge in [-0.2, -0.15) is 0 Å². The van der Waals surface area contributed by atoms with Gasteiger partial charge in [0.05, 0.1) is 0 Å². The summed E-state index contributed by atoms with van der Waals surface area (Å²) < 4.78 is 37.8. The molecule has 1 rings (SSSR count). The fraction of sp³-hybridized carbons (Fsp3) is 0.250. The molecular formula is C8H9ClF3N. The smallest absolute Gasteiger partial charge is 0.163 e. The Morgan fingerprint density at radius 1 is 1.23 bits per heavy atom. The maximum absolute atomic E-state index is 12.8. The van der Waals surface area contributed by atoms with Crippen molar-refractivity contribution < 1.29 is 13.2 Å². The van der Waals surface area contributed by atoms with Gasteiger partial charge in [-0.15, -0.1) is 12.4 Å². The van der Waals surface area contributed by atoms with Gasteiger partial charge in [0.15, 0.2) is 11.6 Å². The van der Waals surface area contributed by atoms with Crippen LogP contribution < -0.4 is 5.73 Å². The lowest BCUT2D eigenvalue weighted by Gasteiger charge is -2.07. The Hall–Kier alpha value is -0.740. The van der Waals surface area contributed by atoms with Crippen LogP contribution in [0.1, 0.15) is 18.5 Å². The molecule has 0 bridgehead atoms. The molecule has 1 atom stereocenters. The van der Waals surface area contributed by atoms with Crippen LogP contribution in [-0.2, 0) is 0 Å². The third-order valence-corrected chi connectivity index (χ3v) is 1.51. The van der Waals surface area contributed by atoms with Gasteiger partial charge >= 0.3 is 0 Å². The molecule has 1 aromatic rings. The fourth-order valence-corrected chi connectivity index (χ4v) is 0.907. The number of hydrogen-bond donors (Lipinski definition) is 1. The summed E-state index contributed by atoms with van der Waals surface area (Å²) in [5.74, 6) is -3.10. The van der Waals surface area contributed by atoms with E-state index in [1.807, 2.05) is 0 Å². The number of nitrogens with two attached hydrogens (primary N) is 1. The Morgan fingerprint density at radius 3 is 2.23 bits per heavy atom. The van der Waals surface area contributed by atoms with Crippen molar-refractivity contribution in [2.75, 3.05) is 0 Å². The second kappa shape index (κ2) is 4.48. The van der Waals surface area contributed by atoms with E-state index in [0.29, 0.717) is 6.07 Å². The first-order valence-electron chi connectivity index (χ1n) is 3.42. The van der Waals surface area contributed by atoms with Gasteiger partial charge in [-0.3, -0.25) is 0 Å². The van der Waals surface area contributed by atoms with Gasteiger partial charge in [-0.1, -0.05) is 0 Å². The quantitative estimate of drug-likeness (QED) is 0.710. The highest BCUT2D eigenvalue weighted by Crippen LogP contribution is 2.18. The van der Waals surface area contributed by atoms with Gasteiger partial charge in [0.1, 0.15) is 5.82 Å². The summed E-state index contributed by atoms with van der Waals surface area (Å²) in [6.45, 7) is 1.46. The topological polar surface area (TPSA) is 26.0 Å². The molecule has 0 saturated carbocycles. The van der Waals surface area contributed by atoms with E-state index in [-0.39, 0.29) is 18.0 Å². The van der Waals surface area contributed by atoms with Crippen LogP contribution in [0.3, 0.4) is 0 Å². The zero-order valence-corrected chi connectivity index (χ0v) is 7.67. The molecule has 0 aliphatic carbocycles. The Bertz CT molecular complexity index is 302. The second-order valence-corrected chi connectivity index (χ2v) is 2.58. The molecule has 0 aliphatic rings. The number of hydrogen-bond acceptors (Lipinski definition) is 1. The first kappa shape index (κ1) is 12.3. The number of rotatable bonds is 1. The van der Waals surface area contributed by atoms with Crippen LogP contribution in [-0.4, -0.2) is 0 Å². The van der Waals surface area contributed by atoms with E-state index in [2.05, 4.69) is 0 Å². The SMILES string of the molecule is CC(N)c1cc(F)cc(F)c1F.Cl. The molecule has 13 heavy (non-hydrogen) atoms. The van der Waals surface area contributed by atoms with Gasteiger partial charge in [0, 0.05) is 17.7 Å². The molecule has 2 N–H and O–H groups in total. The highest BCUT2D eigenvalue weighted by molar-refractivity contribution is 5.85. The lowest BCUT2D eigenvalue weighted by molar-refractivity contribution is 0.478. The predicted molar refractivity (Wildman–Crippen MR) is 46.2 cm³/mol. The Labute approximate surface area is 80.2 Å². The molecule has 0 radical (unpaired) electrons. The molecule has 1 unspecified atom stereocenters. The van der Waals surface area contributed by atoms with E-state index in [0.717, 1.165) is 6.07 Å². The van der Waals surface area contributed by atoms with Crippen molar-refractivity contribution in [2.45, 2.75) is 13.0 Å². The first-order chi connectivity index (χ1) is 5.52. The largest absolute Gasteiger partial charge is 0.324 e. The Morgan fingerprint density at radius 2 is 1.77 bits per heavy atom.